The van der Waals surface area contributed by atoms with Gasteiger partial charge in [0.1, 0.15) is 30.8 Å². The van der Waals surface area contributed by atoms with Crippen LogP contribution in [-0.2, 0) is 39.0 Å². The molecule has 0 bridgehead atoms. The van der Waals surface area contributed by atoms with Crippen LogP contribution in [0.15, 0.2) is 114 Å². The van der Waals surface area contributed by atoms with Crippen molar-refractivity contribution in [2.45, 2.75) is 55.4 Å². The fourth-order valence-corrected chi connectivity index (χ4v) is 7.75. The molecule has 5 rings (SSSR count). The molecule has 0 aliphatic carbocycles. The Kier molecular flexibility index (Phi) is 13.4. The van der Waals surface area contributed by atoms with Crippen molar-refractivity contribution in [2.75, 3.05) is 39.9 Å². The Morgan fingerprint density at radius 3 is 2.18 bits per heavy atom. The first-order chi connectivity index (χ1) is 24.3. The molecule has 2 atom stereocenters. The number of benzene rings is 4. The second-order valence-corrected chi connectivity index (χ2v) is 14.3. The lowest BCUT2D eigenvalue weighted by molar-refractivity contribution is -0.139. The highest BCUT2D eigenvalue weighted by Gasteiger charge is 2.51. The van der Waals surface area contributed by atoms with E-state index in [1.807, 2.05) is 78.9 Å². The molecule has 1 fully saturated rings. The largest absolute Gasteiger partial charge is 0.491 e. The van der Waals surface area contributed by atoms with Crippen LogP contribution >= 0.6 is 0 Å². The second-order valence-electron chi connectivity index (χ2n) is 12.5. The zero-order valence-electron chi connectivity index (χ0n) is 28.5. The summed E-state index contributed by atoms with van der Waals surface area (Å²) >= 11 is 0. The molecular weight excluding hydrogens is 655 g/mol. The van der Waals surface area contributed by atoms with Crippen molar-refractivity contribution in [1.29, 1.82) is 0 Å². The van der Waals surface area contributed by atoms with Gasteiger partial charge in [-0.05, 0) is 85.3 Å². The Bertz CT molecular complexity index is 1740. The summed E-state index contributed by atoms with van der Waals surface area (Å²) in [7, 11) is -2.49. The first-order valence-electron chi connectivity index (χ1n) is 17.0. The van der Waals surface area contributed by atoms with Crippen LogP contribution < -0.4 is 20.1 Å². The fourth-order valence-electron chi connectivity index (χ4n) is 5.93. The summed E-state index contributed by atoms with van der Waals surface area (Å²) in [5.41, 5.74) is 2.11. The maximum atomic E-state index is 14.1. The van der Waals surface area contributed by atoms with E-state index >= 15 is 0 Å². The molecule has 266 valence electrons. The zero-order chi connectivity index (χ0) is 35.2. The lowest BCUT2D eigenvalue weighted by Crippen LogP contribution is -2.71. The average Bonchev–Trinajstić information content (AvgIpc) is 3.13. The average molecular weight is 702 g/mol. The van der Waals surface area contributed by atoms with E-state index in [0.717, 1.165) is 29.5 Å². The number of rotatable bonds is 20. The molecular formula is C39H47N3O7S. The van der Waals surface area contributed by atoms with E-state index in [9.17, 15) is 18.3 Å². The lowest BCUT2D eigenvalue weighted by atomic mass is 9.90. The SMILES string of the molecule is COC(=O)CNCCCCc1cccc(S(=O)(=O)N2CCC2(Cc2ccccc2)NCC(O)COc2ccc(OCc3ccccc3)cc2)c1. The topological polar surface area (TPSA) is 126 Å². The Balaban J connectivity index is 1.17. The van der Waals surface area contributed by atoms with Crippen LogP contribution in [0.1, 0.15) is 36.0 Å². The molecule has 3 N–H and O–H groups in total. The van der Waals surface area contributed by atoms with E-state index in [1.54, 1.807) is 30.3 Å². The number of aryl methyl sites for hydroxylation is 1. The second kappa shape index (κ2) is 18.1. The third-order valence-corrected chi connectivity index (χ3v) is 10.7. The van der Waals surface area contributed by atoms with Gasteiger partial charge in [0.25, 0.3) is 0 Å². The highest BCUT2D eigenvalue weighted by atomic mass is 32.2. The van der Waals surface area contributed by atoms with Crippen LogP contribution in [0.25, 0.3) is 0 Å². The van der Waals surface area contributed by atoms with Gasteiger partial charge in [0.2, 0.25) is 10.0 Å². The summed E-state index contributed by atoms with van der Waals surface area (Å²) < 4.78 is 46.1. The van der Waals surface area contributed by atoms with Gasteiger partial charge >= 0.3 is 5.97 Å². The molecule has 0 aromatic heterocycles. The van der Waals surface area contributed by atoms with Gasteiger partial charge in [-0.25, -0.2) is 8.42 Å². The van der Waals surface area contributed by atoms with E-state index in [0.29, 0.717) is 50.5 Å². The number of unbranched alkanes of at least 4 members (excludes halogenated alkanes) is 1. The zero-order valence-corrected chi connectivity index (χ0v) is 29.3. The van der Waals surface area contributed by atoms with Gasteiger partial charge in [-0.1, -0.05) is 72.8 Å². The molecule has 10 nitrogen and oxygen atoms in total. The molecule has 4 aromatic rings. The van der Waals surface area contributed by atoms with Crippen LogP contribution in [0.3, 0.4) is 0 Å². The Morgan fingerprint density at radius 1 is 0.860 bits per heavy atom. The number of methoxy groups -OCH3 is 1. The van der Waals surface area contributed by atoms with Crippen molar-refractivity contribution >= 4 is 16.0 Å². The number of hydrogen-bond donors (Lipinski definition) is 3. The van der Waals surface area contributed by atoms with E-state index in [-0.39, 0.29) is 30.6 Å². The van der Waals surface area contributed by atoms with Gasteiger partial charge in [0.05, 0.1) is 24.2 Å². The molecule has 1 aliphatic heterocycles. The summed E-state index contributed by atoms with van der Waals surface area (Å²) in [6.07, 6.45) is 2.55. The number of hydrogen-bond acceptors (Lipinski definition) is 9. The van der Waals surface area contributed by atoms with Gasteiger partial charge < -0.3 is 24.6 Å². The number of esters is 1. The third kappa shape index (κ3) is 10.4. The van der Waals surface area contributed by atoms with Gasteiger partial charge in [0.15, 0.2) is 0 Å². The summed E-state index contributed by atoms with van der Waals surface area (Å²) in [6, 6.07) is 34.1. The Morgan fingerprint density at radius 2 is 1.52 bits per heavy atom. The molecule has 1 heterocycles. The van der Waals surface area contributed by atoms with Crippen molar-refractivity contribution in [3.63, 3.8) is 0 Å². The van der Waals surface area contributed by atoms with Gasteiger partial charge in [-0.15, -0.1) is 0 Å². The minimum absolute atomic E-state index is 0.0334. The summed E-state index contributed by atoms with van der Waals surface area (Å²) in [5.74, 6) is 1.01. The standard InChI is InChI=1S/C39H47N3O7S/c1-47-38(44)28-40-23-9-8-11-31-16-10-17-37(25-31)50(45,46)42-24-22-39(42,26-32-12-4-2-5-13-32)41-27-34(43)30-49-36-20-18-35(19-21-36)48-29-33-14-6-3-7-15-33/h2-7,10,12-21,25,34,40-41,43H,8-9,11,22-24,26-30H2,1H3. The molecule has 2 unspecified atom stereocenters. The van der Waals surface area contributed by atoms with Gasteiger partial charge in [-0.3, -0.25) is 10.1 Å². The first kappa shape index (κ1) is 37.0. The minimum atomic E-state index is -3.85. The van der Waals surface area contributed by atoms with Crippen molar-refractivity contribution in [1.82, 2.24) is 14.9 Å². The van der Waals surface area contributed by atoms with Gasteiger partial charge in [0, 0.05) is 19.5 Å². The van der Waals surface area contributed by atoms with Crippen molar-refractivity contribution in [3.8, 4) is 11.5 Å². The summed E-state index contributed by atoms with van der Waals surface area (Å²) in [4.78, 5) is 11.5. The monoisotopic (exact) mass is 701 g/mol. The maximum Gasteiger partial charge on any atom is 0.319 e. The van der Waals surface area contributed by atoms with Crippen molar-refractivity contribution in [2.24, 2.45) is 0 Å². The lowest BCUT2D eigenvalue weighted by Gasteiger charge is -2.52. The molecule has 0 spiro atoms. The van der Waals surface area contributed by atoms with Crippen molar-refractivity contribution in [3.05, 3.63) is 126 Å². The minimum Gasteiger partial charge on any atom is -0.491 e. The van der Waals surface area contributed by atoms with E-state index in [4.69, 9.17) is 9.47 Å². The fraction of sp³-hybridized carbons (Fsp3) is 0.359. The van der Waals surface area contributed by atoms with Crippen LogP contribution in [0.5, 0.6) is 11.5 Å². The Hall–Kier alpha value is -4.26. The van der Waals surface area contributed by atoms with Crippen LogP contribution in [-0.4, -0.2) is 75.5 Å². The molecule has 50 heavy (non-hydrogen) atoms. The normalized spacial score (nSPS) is 16.7. The van der Waals surface area contributed by atoms with E-state index in [2.05, 4.69) is 15.4 Å². The Labute approximate surface area is 295 Å². The molecule has 4 aromatic carbocycles. The number of carbonyl (C=O) groups excluding carboxylic acids is 1. The number of ether oxygens (including phenoxy) is 3. The number of carbonyl (C=O) groups is 1. The van der Waals surface area contributed by atoms with E-state index in [1.165, 1.54) is 11.4 Å². The number of nitrogens with one attached hydrogen (secondary N) is 2. The third-order valence-electron chi connectivity index (χ3n) is 8.78. The molecule has 1 saturated heterocycles. The van der Waals surface area contributed by atoms with Crippen LogP contribution in [0, 0.1) is 0 Å². The highest BCUT2D eigenvalue weighted by Crippen LogP contribution is 2.37. The highest BCUT2D eigenvalue weighted by molar-refractivity contribution is 7.89. The molecule has 1 aliphatic rings. The summed E-state index contributed by atoms with van der Waals surface area (Å²) in [5, 5.41) is 17.4. The maximum absolute atomic E-state index is 14.1. The quantitative estimate of drug-likeness (QED) is 0.0888. The molecule has 0 amide bonds. The molecule has 0 radical (unpaired) electrons. The molecule has 0 saturated carbocycles. The number of nitrogens with zero attached hydrogens (tertiary/aromatic N) is 1. The predicted molar refractivity (Wildman–Crippen MR) is 192 cm³/mol. The molecule has 11 heteroatoms. The van der Waals surface area contributed by atoms with Crippen molar-refractivity contribution < 1.29 is 32.5 Å². The number of aliphatic hydroxyl groups is 1. The smallest absolute Gasteiger partial charge is 0.319 e. The van der Waals surface area contributed by atoms with Gasteiger partial charge in [-0.2, -0.15) is 4.31 Å². The van der Waals surface area contributed by atoms with Crippen LogP contribution in [0.2, 0.25) is 0 Å². The number of sulfonamides is 1. The predicted octanol–water partition coefficient (Wildman–Crippen LogP) is 4.71. The van der Waals surface area contributed by atoms with Crippen LogP contribution in [0.4, 0.5) is 0 Å². The first-order valence-corrected chi connectivity index (χ1v) is 18.5. The number of aliphatic hydroxyl groups excluding tert-OH is 1. The summed E-state index contributed by atoms with van der Waals surface area (Å²) in [6.45, 7) is 1.84. The van der Waals surface area contributed by atoms with E-state index < -0.39 is 21.8 Å².